The summed E-state index contributed by atoms with van der Waals surface area (Å²) in [6, 6.07) is 5.75. The number of benzene rings is 1. The van der Waals surface area contributed by atoms with Gasteiger partial charge < -0.3 is 4.74 Å². The van der Waals surface area contributed by atoms with E-state index >= 15 is 0 Å². The highest BCUT2D eigenvalue weighted by molar-refractivity contribution is 5.77. The molecule has 0 saturated heterocycles. The number of alkyl halides is 3. The van der Waals surface area contributed by atoms with Crippen LogP contribution < -0.4 is 5.32 Å². The monoisotopic (exact) mass is 289 g/mol. The van der Waals surface area contributed by atoms with E-state index in [9.17, 15) is 18.0 Å². The number of esters is 1. The number of carbonyl (C=O) groups is 1. The highest BCUT2D eigenvalue weighted by atomic mass is 19.4. The van der Waals surface area contributed by atoms with Gasteiger partial charge in [-0.2, -0.15) is 13.2 Å². The van der Waals surface area contributed by atoms with Gasteiger partial charge >= 0.3 is 12.1 Å². The molecule has 1 aromatic rings. The van der Waals surface area contributed by atoms with Crippen molar-refractivity contribution in [3.63, 3.8) is 0 Å². The first-order valence-corrected chi connectivity index (χ1v) is 6.22. The molecule has 1 aromatic carbocycles. The van der Waals surface area contributed by atoms with Gasteiger partial charge in [0.25, 0.3) is 0 Å². The summed E-state index contributed by atoms with van der Waals surface area (Å²) in [5.41, 5.74) is 1.50. The highest BCUT2D eigenvalue weighted by Crippen LogP contribution is 2.21. The van der Waals surface area contributed by atoms with Crippen LogP contribution in [0.2, 0.25) is 0 Å². The number of methoxy groups -OCH3 is 1. The Hall–Kier alpha value is -1.56. The average Bonchev–Trinajstić information content (AvgIpc) is 2.37. The second kappa shape index (κ2) is 6.74. The van der Waals surface area contributed by atoms with Crippen LogP contribution in [0.25, 0.3) is 0 Å². The van der Waals surface area contributed by atoms with Crippen molar-refractivity contribution in [3.05, 3.63) is 35.4 Å². The summed E-state index contributed by atoms with van der Waals surface area (Å²) < 4.78 is 41.3. The molecule has 0 aromatic heterocycles. The van der Waals surface area contributed by atoms with Crippen molar-refractivity contribution in [1.82, 2.24) is 5.32 Å². The molecule has 0 aliphatic rings. The minimum absolute atomic E-state index is 0.309. The average molecular weight is 289 g/mol. The van der Waals surface area contributed by atoms with Crippen molar-refractivity contribution in [2.75, 3.05) is 13.7 Å². The van der Waals surface area contributed by atoms with Crippen molar-refractivity contribution in [2.45, 2.75) is 32.0 Å². The van der Waals surface area contributed by atoms with Gasteiger partial charge in [0.2, 0.25) is 0 Å². The van der Waals surface area contributed by atoms with Gasteiger partial charge in [0, 0.05) is 0 Å². The maximum atomic E-state index is 12.3. The van der Waals surface area contributed by atoms with Crippen molar-refractivity contribution < 1.29 is 22.7 Å². The fourth-order valence-corrected chi connectivity index (χ4v) is 1.75. The van der Waals surface area contributed by atoms with E-state index in [1.807, 2.05) is 13.8 Å². The lowest BCUT2D eigenvalue weighted by molar-refractivity contribution is -0.146. The molecular formula is C14H18F3NO2. The molecule has 1 atom stereocenters. The molecule has 0 saturated carbocycles. The zero-order chi connectivity index (χ0) is 15.3. The SMILES string of the molecule is COC(=O)C(NCC(F)(F)F)c1ccc(C(C)C)cc1. The third kappa shape index (κ3) is 4.85. The number of nitrogens with one attached hydrogen (secondary N) is 1. The number of ether oxygens (including phenoxy) is 1. The standard InChI is InChI=1S/C14H18F3NO2/c1-9(2)10-4-6-11(7-5-10)12(13(19)20-3)18-8-14(15,16)17/h4-7,9,12,18H,8H2,1-3H3. The van der Waals surface area contributed by atoms with Crippen molar-refractivity contribution >= 4 is 5.97 Å². The predicted octanol–water partition coefficient (Wildman–Crippen LogP) is 3.18. The van der Waals surface area contributed by atoms with E-state index in [-0.39, 0.29) is 0 Å². The van der Waals surface area contributed by atoms with Crippen LogP contribution in [0.15, 0.2) is 24.3 Å². The predicted molar refractivity (Wildman–Crippen MR) is 69.3 cm³/mol. The lowest BCUT2D eigenvalue weighted by Crippen LogP contribution is -2.36. The van der Waals surface area contributed by atoms with Gasteiger partial charge in [-0.25, -0.2) is 4.79 Å². The summed E-state index contributed by atoms with van der Waals surface area (Å²) in [5.74, 6) is -0.435. The number of hydrogen-bond acceptors (Lipinski definition) is 3. The lowest BCUT2D eigenvalue weighted by Gasteiger charge is -2.18. The summed E-state index contributed by atoms with van der Waals surface area (Å²) in [6.07, 6.45) is -4.38. The van der Waals surface area contributed by atoms with Gasteiger partial charge in [-0.1, -0.05) is 38.1 Å². The van der Waals surface area contributed by atoms with Crippen LogP contribution in [0.3, 0.4) is 0 Å². The summed E-state index contributed by atoms with van der Waals surface area (Å²) in [5, 5.41) is 2.18. The molecule has 1 rings (SSSR count). The fourth-order valence-electron chi connectivity index (χ4n) is 1.75. The molecule has 0 spiro atoms. The minimum atomic E-state index is -4.38. The molecule has 0 aliphatic carbocycles. The Labute approximate surface area is 116 Å². The first-order valence-electron chi connectivity index (χ1n) is 6.22. The maximum absolute atomic E-state index is 12.3. The highest BCUT2D eigenvalue weighted by Gasteiger charge is 2.31. The molecule has 0 bridgehead atoms. The molecule has 6 heteroatoms. The largest absolute Gasteiger partial charge is 0.468 e. The Morgan fingerprint density at radius 2 is 1.70 bits per heavy atom. The molecule has 0 heterocycles. The molecule has 0 amide bonds. The molecule has 0 aliphatic heterocycles. The van der Waals surface area contributed by atoms with Gasteiger partial charge in [-0.3, -0.25) is 5.32 Å². The van der Waals surface area contributed by atoms with E-state index in [0.717, 1.165) is 12.7 Å². The first kappa shape index (κ1) is 16.5. The number of hydrogen-bond donors (Lipinski definition) is 1. The third-order valence-corrected chi connectivity index (χ3v) is 2.88. The number of rotatable bonds is 5. The van der Waals surface area contributed by atoms with Gasteiger partial charge in [0.1, 0.15) is 6.04 Å². The topological polar surface area (TPSA) is 38.3 Å². The van der Waals surface area contributed by atoms with Crippen LogP contribution in [-0.2, 0) is 9.53 Å². The normalized spacial score (nSPS) is 13.3. The van der Waals surface area contributed by atoms with Crippen LogP contribution >= 0.6 is 0 Å². The van der Waals surface area contributed by atoms with Crippen LogP contribution in [-0.4, -0.2) is 25.8 Å². The molecule has 1 N–H and O–H groups in total. The van der Waals surface area contributed by atoms with Gasteiger partial charge in [0.05, 0.1) is 13.7 Å². The van der Waals surface area contributed by atoms with E-state index < -0.39 is 24.7 Å². The minimum Gasteiger partial charge on any atom is -0.468 e. The molecule has 0 radical (unpaired) electrons. The van der Waals surface area contributed by atoms with E-state index in [1.165, 1.54) is 0 Å². The Bertz CT molecular complexity index is 441. The first-order chi connectivity index (χ1) is 9.24. The Kier molecular flexibility index (Phi) is 5.56. The van der Waals surface area contributed by atoms with Crippen LogP contribution in [0, 0.1) is 0 Å². The van der Waals surface area contributed by atoms with Gasteiger partial charge in [0.15, 0.2) is 0 Å². The zero-order valence-electron chi connectivity index (χ0n) is 11.6. The quantitative estimate of drug-likeness (QED) is 0.846. The second-order valence-corrected chi connectivity index (χ2v) is 4.77. The van der Waals surface area contributed by atoms with Crippen LogP contribution in [0.5, 0.6) is 0 Å². The summed E-state index contributed by atoms with van der Waals surface area (Å²) in [4.78, 5) is 11.6. The van der Waals surface area contributed by atoms with E-state index in [2.05, 4.69) is 10.1 Å². The maximum Gasteiger partial charge on any atom is 0.401 e. The number of carbonyl (C=O) groups excluding carboxylic acids is 1. The van der Waals surface area contributed by atoms with E-state index in [4.69, 9.17) is 0 Å². The number of halogens is 3. The van der Waals surface area contributed by atoms with Crippen LogP contribution in [0.4, 0.5) is 13.2 Å². The van der Waals surface area contributed by atoms with E-state index in [0.29, 0.717) is 11.5 Å². The van der Waals surface area contributed by atoms with Crippen molar-refractivity contribution in [2.24, 2.45) is 0 Å². The van der Waals surface area contributed by atoms with Gasteiger partial charge in [-0.05, 0) is 17.0 Å². The Morgan fingerprint density at radius 3 is 2.10 bits per heavy atom. The summed E-state index contributed by atoms with van der Waals surface area (Å²) >= 11 is 0. The molecule has 1 unspecified atom stereocenters. The lowest BCUT2D eigenvalue weighted by atomic mass is 9.99. The summed E-state index contributed by atoms with van der Waals surface area (Å²) in [6.45, 7) is 2.77. The molecule has 20 heavy (non-hydrogen) atoms. The van der Waals surface area contributed by atoms with Crippen molar-refractivity contribution in [3.8, 4) is 0 Å². The van der Waals surface area contributed by atoms with Gasteiger partial charge in [-0.15, -0.1) is 0 Å². The smallest absolute Gasteiger partial charge is 0.401 e. The van der Waals surface area contributed by atoms with Crippen LogP contribution in [0.1, 0.15) is 36.9 Å². The molecule has 0 fully saturated rings. The zero-order valence-corrected chi connectivity index (χ0v) is 11.6. The Morgan fingerprint density at radius 1 is 1.20 bits per heavy atom. The van der Waals surface area contributed by atoms with Crippen molar-refractivity contribution in [1.29, 1.82) is 0 Å². The Balaban J connectivity index is 2.90. The summed E-state index contributed by atoms with van der Waals surface area (Å²) in [7, 11) is 1.15. The fraction of sp³-hybridized carbons (Fsp3) is 0.500. The second-order valence-electron chi connectivity index (χ2n) is 4.77. The molecular weight excluding hydrogens is 271 g/mol. The third-order valence-electron chi connectivity index (χ3n) is 2.88. The van der Waals surface area contributed by atoms with E-state index in [1.54, 1.807) is 24.3 Å². The molecule has 3 nitrogen and oxygen atoms in total. The molecule has 112 valence electrons.